The topological polar surface area (TPSA) is 38.8 Å². The molecule has 0 bridgehead atoms. The van der Waals surface area contributed by atoms with Crippen molar-refractivity contribution in [3.63, 3.8) is 0 Å². The summed E-state index contributed by atoms with van der Waals surface area (Å²) in [6.45, 7) is 11.3. The lowest BCUT2D eigenvalue weighted by atomic mass is 10.1. The highest BCUT2D eigenvalue weighted by atomic mass is 16.7. The molecule has 0 N–H and O–H groups in total. The number of ketones is 1. The molecule has 1 heterocycles. The summed E-state index contributed by atoms with van der Waals surface area (Å²) in [5.41, 5.74) is 0.691. The van der Waals surface area contributed by atoms with Gasteiger partial charge < -0.3 is 9.47 Å². The molecule has 0 amide bonds. The molecule has 0 fully saturated rings. The van der Waals surface area contributed by atoms with Crippen molar-refractivity contribution in [1.82, 2.24) is 4.90 Å². The molecule has 0 spiro atoms. The van der Waals surface area contributed by atoms with Crippen molar-refractivity contribution in [3.05, 3.63) is 23.8 Å². The average Bonchev–Trinajstić information content (AvgIpc) is 2.83. The SMILES string of the molecule is CC(C)CN(CC(=O)c1ccc2c(c1)OCO2)CC(C)C. The molecule has 21 heavy (non-hydrogen) atoms. The van der Waals surface area contributed by atoms with Gasteiger partial charge >= 0.3 is 0 Å². The predicted molar refractivity (Wildman–Crippen MR) is 83.0 cm³/mol. The van der Waals surface area contributed by atoms with Crippen molar-refractivity contribution in [3.8, 4) is 11.5 Å². The average molecular weight is 291 g/mol. The van der Waals surface area contributed by atoms with Gasteiger partial charge in [-0.2, -0.15) is 0 Å². The second-order valence-corrected chi connectivity index (χ2v) is 6.47. The largest absolute Gasteiger partial charge is 0.454 e. The minimum Gasteiger partial charge on any atom is -0.454 e. The van der Waals surface area contributed by atoms with Crippen LogP contribution in [0, 0.1) is 11.8 Å². The van der Waals surface area contributed by atoms with Gasteiger partial charge in [0.1, 0.15) is 0 Å². The van der Waals surface area contributed by atoms with Crippen molar-refractivity contribution in [2.45, 2.75) is 27.7 Å². The molecule has 0 saturated carbocycles. The number of nitrogens with zero attached hydrogens (tertiary/aromatic N) is 1. The van der Waals surface area contributed by atoms with E-state index in [-0.39, 0.29) is 12.6 Å². The molecule has 1 aliphatic rings. The molecular formula is C17H25NO3. The standard InChI is InChI=1S/C17H25NO3/c1-12(2)8-18(9-13(3)4)10-15(19)14-5-6-16-17(7-14)21-11-20-16/h5-7,12-13H,8-11H2,1-4H3. The lowest BCUT2D eigenvalue weighted by Crippen LogP contribution is -2.35. The molecular weight excluding hydrogens is 266 g/mol. The molecule has 0 atom stereocenters. The number of carbonyl (C=O) groups is 1. The van der Waals surface area contributed by atoms with E-state index in [2.05, 4.69) is 32.6 Å². The van der Waals surface area contributed by atoms with Gasteiger partial charge in [-0.05, 0) is 30.0 Å². The van der Waals surface area contributed by atoms with Gasteiger partial charge in [-0.1, -0.05) is 27.7 Å². The van der Waals surface area contributed by atoms with E-state index in [0.29, 0.717) is 35.4 Å². The van der Waals surface area contributed by atoms with Gasteiger partial charge in [-0.3, -0.25) is 9.69 Å². The lowest BCUT2D eigenvalue weighted by Gasteiger charge is -2.25. The summed E-state index contributed by atoms with van der Waals surface area (Å²) < 4.78 is 10.6. The fourth-order valence-corrected chi connectivity index (χ4v) is 2.60. The van der Waals surface area contributed by atoms with Crippen molar-refractivity contribution >= 4 is 5.78 Å². The van der Waals surface area contributed by atoms with Crippen molar-refractivity contribution in [1.29, 1.82) is 0 Å². The molecule has 2 rings (SSSR count). The van der Waals surface area contributed by atoms with Crippen LogP contribution < -0.4 is 9.47 Å². The van der Waals surface area contributed by atoms with Crippen LogP contribution in [0.15, 0.2) is 18.2 Å². The molecule has 0 aromatic heterocycles. The molecule has 0 unspecified atom stereocenters. The summed E-state index contributed by atoms with van der Waals surface area (Å²) in [5.74, 6) is 2.61. The molecule has 1 aliphatic heterocycles. The minimum absolute atomic E-state index is 0.134. The van der Waals surface area contributed by atoms with Crippen LogP contribution in [-0.4, -0.2) is 37.1 Å². The Morgan fingerprint density at radius 3 is 2.33 bits per heavy atom. The number of ether oxygens (including phenoxy) is 2. The molecule has 0 radical (unpaired) electrons. The highest BCUT2D eigenvalue weighted by Gasteiger charge is 2.19. The van der Waals surface area contributed by atoms with E-state index in [0.717, 1.165) is 13.1 Å². The Morgan fingerprint density at radius 1 is 1.10 bits per heavy atom. The van der Waals surface area contributed by atoms with Crippen LogP contribution in [0.5, 0.6) is 11.5 Å². The number of hydrogen-bond donors (Lipinski definition) is 0. The lowest BCUT2D eigenvalue weighted by molar-refractivity contribution is 0.0912. The maximum absolute atomic E-state index is 12.5. The van der Waals surface area contributed by atoms with Crippen molar-refractivity contribution in [2.75, 3.05) is 26.4 Å². The second kappa shape index (κ2) is 6.94. The van der Waals surface area contributed by atoms with Crippen LogP contribution in [0.4, 0.5) is 0 Å². The van der Waals surface area contributed by atoms with E-state index in [1.54, 1.807) is 6.07 Å². The summed E-state index contributed by atoms with van der Waals surface area (Å²) >= 11 is 0. The zero-order valence-electron chi connectivity index (χ0n) is 13.4. The summed E-state index contributed by atoms with van der Waals surface area (Å²) in [4.78, 5) is 14.7. The Balaban J connectivity index is 2.04. The van der Waals surface area contributed by atoms with E-state index < -0.39 is 0 Å². The quantitative estimate of drug-likeness (QED) is 0.723. The number of benzene rings is 1. The molecule has 116 valence electrons. The Kier molecular flexibility index (Phi) is 5.23. The minimum atomic E-state index is 0.134. The third-order valence-corrected chi connectivity index (χ3v) is 3.31. The summed E-state index contributed by atoms with van der Waals surface area (Å²) in [7, 11) is 0. The fraction of sp³-hybridized carbons (Fsp3) is 0.588. The van der Waals surface area contributed by atoms with Gasteiger partial charge in [0.15, 0.2) is 17.3 Å². The van der Waals surface area contributed by atoms with E-state index >= 15 is 0 Å². The molecule has 1 aromatic carbocycles. The van der Waals surface area contributed by atoms with Gasteiger partial charge in [0, 0.05) is 18.7 Å². The number of carbonyl (C=O) groups excluding carboxylic acids is 1. The first-order valence-electron chi connectivity index (χ1n) is 7.61. The van der Waals surface area contributed by atoms with Crippen LogP contribution in [0.3, 0.4) is 0 Å². The number of Topliss-reactive ketones (excluding diaryl/α,β-unsaturated/α-hetero) is 1. The Bertz CT molecular complexity index is 487. The van der Waals surface area contributed by atoms with E-state index in [4.69, 9.17) is 9.47 Å². The molecule has 0 aliphatic carbocycles. The van der Waals surface area contributed by atoms with Gasteiger partial charge in [-0.15, -0.1) is 0 Å². The van der Waals surface area contributed by atoms with Crippen LogP contribution in [0.2, 0.25) is 0 Å². The third kappa shape index (κ3) is 4.46. The van der Waals surface area contributed by atoms with E-state index in [9.17, 15) is 4.79 Å². The maximum Gasteiger partial charge on any atom is 0.231 e. The van der Waals surface area contributed by atoms with Crippen LogP contribution >= 0.6 is 0 Å². The molecule has 4 heteroatoms. The first-order chi connectivity index (χ1) is 9.95. The molecule has 4 nitrogen and oxygen atoms in total. The smallest absolute Gasteiger partial charge is 0.231 e. The molecule has 1 aromatic rings. The third-order valence-electron chi connectivity index (χ3n) is 3.31. The van der Waals surface area contributed by atoms with Crippen LogP contribution in [-0.2, 0) is 0 Å². The van der Waals surface area contributed by atoms with Gasteiger partial charge in [-0.25, -0.2) is 0 Å². The summed E-state index contributed by atoms with van der Waals surface area (Å²) in [6.07, 6.45) is 0. The van der Waals surface area contributed by atoms with Gasteiger partial charge in [0.05, 0.1) is 6.54 Å². The van der Waals surface area contributed by atoms with Gasteiger partial charge in [0.25, 0.3) is 0 Å². The van der Waals surface area contributed by atoms with Crippen LogP contribution in [0.25, 0.3) is 0 Å². The van der Waals surface area contributed by atoms with Crippen LogP contribution in [0.1, 0.15) is 38.1 Å². The fourth-order valence-electron chi connectivity index (χ4n) is 2.60. The van der Waals surface area contributed by atoms with E-state index in [1.165, 1.54) is 0 Å². The molecule has 0 saturated heterocycles. The Morgan fingerprint density at radius 2 is 1.71 bits per heavy atom. The first-order valence-corrected chi connectivity index (χ1v) is 7.61. The monoisotopic (exact) mass is 291 g/mol. The summed E-state index contributed by atoms with van der Waals surface area (Å²) in [6, 6.07) is 5.41. The van der Waals surface area contributed by atoms with E-state index in [1.807, 2.05) is 12.1 Å². The second-order valence-electron chi connectivity index (χ2n) is 6.47. The highest BCUT2D eigenvalue weighted by molar-refractivity contribution is 5.98. The highest BCUT2D eigenvalue weighted by Crippen LogP contribution is 2.32. The van der Waals surface area contributed by atoms with Crippen molar-refractivity contribution < 1.29 is 14.3 Å². The summed E-state index contributed by atoms with van der Waals surface area (Å²) in [5, 5.41) is 0. The van der Waals surface area contributed by atoms with Crippen molar-refractivity contribution in [2.24, 2.45) is 11.8 Å². The Hall–Kier alpha value is -1.55. The number of hydrogen-bond acceptors (Lipinski definition) is 4. The maximum atomic E-state index is 12.5. The van der Waals surface area contributed by atoms with Gasteiger partial charge in [0.2, 0.25) is 6.79 Å². The Labute approximate surface area is 127 Å². The zero-order chi connectivity index (χ0) is 15.4. The number of fused-ring (bicyclic) bond motifs is 1. The normalized spacial score (nSPS) is 13.5. The number of rotatable bonds is 7. The predicted octanol–water partition coefficient (Wildman–Crippen LogP) is 3.21. The first kappa shape index (κ1) is 15.8. The zero-order valence-corrected chi connectivity index (χ0v) is 13.4.